The lowest BCUT2D eigenvalue weighted by molar-refractivity contribution is 0.0573. The molecule has 1 aromatic heterocycles. The zero-order valence-electron chi connectivity index (χ0n) is 11.7. The van der Waals surface area contributed by atoms with E-state index in [4.69, 9.17) is 4.74 Å². The Kier molecular flexibility index (Phi) is 4.89. The zero-order chi connectivity index (χ0) is 14.5. The van der Waals surface area contributed by atoms with Crippen molar-refractivity contribution in [2.45, 2.75) is 20.3 Å². The number of amides is 2. The Balaban J connectivity index is 1.94. The molecule has 0 atom stereocenters. The summed E-state index contributed by atoms with van der Waals surface area (Å²) in [6.45, 7) is 6.12. The van der Waals surface area contributed by atoms with Gasteiger partial charge in [0.15, 0.2) is 0 Å². The van der Waals surface area contributed by atoms with Gasteiger partial charge in [-0.1, -0.05) is 11.4 Å². The predicted molar refractivity (Wildman–Crippen MR) is 73.8 cm³/mol. The smallest absolute Gasteiger partial charge is 0.409 e. The maximum atomic E-state index is 12.4. The first-order chi connectivity index (χ1) is 9.67. The zero-order valence-corrected chi connectivity index (χ0v) is 12.5. The van der Waals surface area contributed by atoms with Crippen LogP contribution in [0.25, 0.3) is 0 Å². The highest BCUT2D eigenvalue weighted by Gasteiger charge is 2.27. The second kappa shape index (κ2) is 6.65. The number of aromatic nitrogens is 2. The van der Waals surface area contributed by atoms with Crippen LogP contribution in [0.2, 0.25) is 0 Å². The largest absolute Gasteiger partial charge is 0.450 e. The molecule has 1 saturated heterocycles. The SMILES string of the molecule is CCOC(=O)N1CCN(C(=O)c2snnc2CC)CC1. The fraction of sp³-hybridized carbons (Fsp3) is 0.667. The van der Waals surface area contributed by atoms with Gasteiger partial charge in [-0.2, -0.15) is 0 Å². The minimum atomic E-state index is -0.312. The molecule has 20 heavy (non-hydrogen) atoms. The van der Waals surface area contributed by atoms with Crippen molar-refractivity contribution < 1.29 is 14.3 Å². The topological polar surface area (TPSA) is 75.6 Å². The maximum Gasteiger partial charge on any atom is 0.409 e. The number of carbonyl (C=O) groups is 2. The Morgan fingerprint density at radius 3 is 2.45 bits per heavy atom. The number of nitrogens with zero attached hydrogens (tertiary/aromatic N) is 4. The van der Waals surface area contributed by atoms with E-state index in [0.29, 0.717) is 44.1 Å². The predicted octanol–water partition coefficient (Wildman–Crippen LogP) is 1.01. The van der Waals surface area contributed by atoms with Gasteiger partial charge in [-0.3, -0.25) is 4.79 Å². The summed E-state index contributed by atoms with van der Waals surface area (Å²) < 4.78 is 8.79. The molecular formula is C12H18N4O3S. The number of piperazine rings is 1. The van der Waals surface area contributed by atoms with Gasteiger partial charge >= 0.3 is 6.09 Å². The fourth-order valence-corrected chi connectivity index (χ4v) is 2.77. The second-order valence-corrected chi connectivity index (χ2v) is 5.13. The Morgan fingerprint density at radius 1 is 1.20 bits per heavy atom. The molecule has 0 unspecified atom stereocenters. The quantitative estimate of drug-likeness (QED) is 0.832. The van der Waals surface area contributed by atoms with Gasteiger partial charge in [-0.05, 0) is 24.9 Å². The number of hydrogen-bond acceptors (Lipinski definition) is 6. The van der Waals surface area contributed by atoms with E-state index in [0.717, 1.165) is 17.2 Å². The van der Waals surface area contributed by atoms with E-state index in [9.17, 15) is 9.59 Å². The van der Waals surface area contributed by atoms with Crippen molar-refractivity contribution in [3.8, 4) is 0 Å². The minimum absolute atomic E-state index is 0.0413. The standard InChI is InChI=1S/C12H18N4O3S/c1-3-9-10(20-14-13-9)11(17)15-5-7-16(8-6-15)12(18)19-4-2/h3-8H2,1-2H3. The molecule has 0 N–H and O–H groups in total. The second-order valence-electron chi connectivity index (χ2n) is 4.38. The first-order valence-electron chi connectivity index (χ1n) is 6.69. The monoisotopic (exact) mass is 298 g/mol. The van der Waals surface area contributed by atoms with Crippen molar-refractivity contribution in [2.24, 2.45) is 0 Å². The van der Waals surface area contributed by atoms with Crippen molar-refractivity contribution in [3.05, 3.63) is 10.6 Å². The van der Waals surface area contributed by atoms with Crippen LogP contribution in [0, 0.1) is 0 Å². The lowest BCUT2D eigenvalue weighted by atomic mass is 10.2. The number of rotatable bonds is 3. The molecule has 0 radical (unpaired) electrons. The van der Waals surface area contributed by atoms with Gasteiger partial charge in [0, 0.05) is 26.2 Å². The first kappa shape index (κ1) is 14.7. The molecule has 2 amide bonds. The Morgan fingerprint density at radius 2 is 1.85 bits per heavy atom. The molecule has 1 fully saturated rings. The van der Waals surface area contributed by atoms with Crippen LogP contribution in [-0.4, -0.2) is 64.2 Å². The molecular weight excluding hydrogens is 280 g/mol. The lowest BCUT2D eigenvalue weighted by Crippen LogP contribution is -2.50. The molecule has 1 aromatic rings. The molecule has 0 bridgehead atoms. The van der Waals surface area contributed by atoms with E-state index in [-0.39, 0.29) is 12.0 Å². The average Bonchev–Trinajstić information content (AvgIpc) is 2.95. The van der Waals surface area contributed by atoms with E-state index < -0.39 is 0 Å². The van der Waals surface area contributed by atoms with E-state index in [2.05, 4.69) is 9.59 Å². The molecule has 0 aliphatic carbocycles. The van der Waals surface area contributed by atoms with Crippen LogP contribution in [0.1, 0.15) is 29.2 Å². The minimum Gasteiger partial charge on any atom is -0.450 e. The summed E-state index contributed by atoms with van der Waals surface area (Å²) >= 11 is 1.13. The normalized spacial score (nSPS) is 15.3. The Labute approximate surface area is 121 Å². The summed E-state index contributed by atoms with van der Waals surface area (Å²) in [4.78, 5) is 27.9. The van der Waals surface area contributed by atoms with Crippen LogP contribution in [0.3, 0.4) is 0 Å². The highest BCUT2D eigenvalue weighted by Crippen LogP contribution is 2.16. The number of aryl methyl sites for hydroxylation is 1. The summed E-state index contributed by atoms with van der Waals surface area (Å²) in [6, 6.07) is 0. The van der Waals surface area contributed by atoms with Crippen LogP contribution in [0.5, 0.6) is 0 Å². The molecule has 1 aliphatic heterocycles. The Bertz CT molecular complexity index is 483. The van der Waals surface area contributed by atoms with Gasteiger partial charge in [0.2, 0.25) is 0 Å². The summed E-state index contributed by atoms with van der Waals surface area (Å²) in [6.07, 6.45) is 0.383. The summed E-state index contributed by atoms with van der Waals surface area (Å²) in [7, 11) is 0. The van der Waals surface area contributed by atoms with Crippen molar-refractivity contribution in [1.29, 1.82) is 0 Å². The van der Waals surface area contributed by atoms with Crippen LogP contribution in [-0.2, 0) is 11.2 Å². The third kappa shape index (κ3) is 3.06. The van der Waals surface area contributed by atoms with Crippen molar-refractivity contribution in [2.75, 3.05) is 32.8 Å². The van der Waals surface area contributed by atoms with Crippen LogP contribution in [0.15, 0.2) is 0 Å². The molecule has 1 aliphatic rings. The molecule has 0 spiro atoms. The van der Waals surface area contributed by atoms with Gasteiger partial charge in [0.1, 0.15) is 4.88 Å². The summed E-state index contributed by atoms with van der Waals surface area (Å²) in [5.41, 5.74) is 0.743. The lowest BCUT2D eigenvalue weighted by Gasteiger charge is -2.33. The van der Waals surface area contributed by atoms with Gasteiger partial charge in [0.05, 0.1) is 12.3 Å². The van der Waals surface area contributed by atoms with E-state index >= 15 is 0 Å². The average molecular weight is 298 g/mol. The van der Waals surface area contributed by atoms with E-state index in [1.807, 2.05) is 6.92 Å². The van der Waals surface area contributed by atoms with Gasteiger partial charge in [-0.25, -0.2) is 4.79 Å². The molecule has 8 heteroatoms. The highest BCUT2D eigenvalue weighted by molar-refractivity contribution is 7.08. The van der Waals surface area contributed by atoms with Crippen LogP contribution in [0.4, 0.5) is 4.79 Å². The Hall–Kier alpha value is -1.70. The van der Waals surface area contributed by atoms with E-state index in [1.165, 1.54) is 0 Å². The molecule has 0 saturated carbocycles. The van der Waals surface area contributed by atoms with Crippen molar-refractivity contribution in [1.82, 2.24) is 19.4 Å². The number of hydrogen-bond donors (Lipinski definition) is 0. The molecule has 110 valence electrons. The van der Waals surface area contributed by atoms with E-state index in [1.54, 1.807) is 16.7 Å². The van der Waals surface area contributed by atoms with Crippen LogP contribution < -0.4 is 0 Å². The van der Waals surface area contributed by atoms with Crippen molar-refractivity contribution >= 4 is 23.5 Å². The molecule has 0 aromatic carbocycles. The molecule has 2 rings (SSSR count). The summed E-state index contributed by atoms with van der Waals surface area (Å²) in [5, 5.41) is 3.95. The van der Waals surface area contributed by atoms with Crippen LogP contribution >= 0.6 is 11.5 Å². The fourth-order valence-electron chi connectivity index (χ4n) is 2.05. The molecule has 7 nitrogen and oxygen atoms in total. The maximum absolute atomic E-state index is 12.4. The summed E-state index contributed by atoms with van der Waals surface area (Å²) in [5.74, 6) is -0.0413. The number of carbonyl (C=O) groups excluding carboxylic acids is 2. The highest BCUT2D eigenvalue weighted by atomic mass is 32.1. The van der Waals surface area contributed by atoms with Crippen molar-refractivity contribution in [3.63, 3.8) is 0 Å². The first-order valence-corrected chi connectivity index (χ1v) is 7.46. The van der Waals surface area contributed by atoms with Gasteiger partial charge in [-0.15, -0.1) is 5.10 Å². The number of ether oxygens (including phenoxy) is 1. The third-order valence-electron chi connectivity index (χ3n) is 3.18. The van der Waals surface area contributed by atoms with Gasteiger partial charge < -0.3 is 14.5 Å². The third-order valence-corrected chi connectivity index (χ3v) is 3.93. The molecule has 2 heterocycles. The van der Waals surface area contributed by atoms with Gasteiger partial charge in [0.25, 0.3) is 5.91 Å².